The van der Waals surface area contributed by atoms with Crippen LogP contribution in [0.3, 0.4) is 0 Å². The molecule has 94 valence electrons. The molecule has 3 heteroatoms. The normalized spacial score (nSPS) is 24.8. The maximum atomic E-state index is 5.17. The second-order valence-electron chi connectivity index (χ2n) is 5.36. The van der Waals surface area contributed by atoms with Gasteiger partial charge < -0.3 is 9.84 Å². The molecule has 0 amide bonds. The summed E-state index contributed by atoms with van der Waals surface area (Å²) in [4.78, 5) is 0. The highest BCUT2D eigenvalue weighted by Gasteiger charge is 2.17. The van der Waals surface area contributed by atoms with Crippen LogP contribution in [0.4, 0.5) is 0 Å². The topological polar surface area (TPSA) is 38.1 Å². The molecular weight excluding hydrogens is 212 g/mol. The van der Waals surface area contributed by atoms with Gasteiger partial charge >= 0.3 is 0 Å². The maximum absolute atomic E-state index is 5.17. The van der Waals surface area contributed by atoms with Gasteiger partial charge in [-0.25, -0.2) is 0 Å². The van der Waals surface area contributed by atoms with E-state index in [1.165, 1.54) is 18.4 Å². The first-order chi connectivity index (χ1) is 8.13. The first kappa shape index (κ1) is 12.4. The molecule has 2 atom stereocenters. The van der Waals surface area contributed by atoms with Gasteiger partial charge in [-0.05, 0) is 45.1 Å². The fourth-order valence-electron chi connectivity index (χ4n) is 2.74. The Bertz CT molecular complexity index is 395. The van der Waals surface area contributed by atoms with E-state index in [2.05, 4.69) is 30.4 Å². The molecule has 17 heavy (non-hydrogen) atoms. The Kier molecular flexibility index (Phi) is 4.00. The number of hydrogen-bond donors (Lipinski definition) is 1. The minimum atomic E-state index is 0.725. The smallest absolute Gasteiger partial charge is 0.150 e. The number of hydrogen-bond acceptors (Lipinski definition) is 3. The Hall–Kier alpha value is -1.09. The van der Waals surface area contributed by atoms with E-state index in [0.717, 1.165) is 36.4 Å². The lowest BCUT2D eigenvalue weighted by Gasteiger charge is -2.25. The summed E-state index contributed by atoms with van der Waals surface area (Å²) in [6.45, 7) is 8.34. The number of allylic oxidation sites excluding steroid dienone is 2. The van der Waals surface area contributed by atoms with Crippen LogP contribution in [0.1, 0.15) is 38.1 Å². The molecule has 1 aliphatic rings. The van der Waals surface area contributed by atoms with Gasteiger partial charge in [0.1, 0.15) is 0 Å². The predicted octanol–water partition coefficient (Wildman–Crippen LogP) is 3.07. The minimum absolute atomic E-state index is 0.725. The van der Waals surface area contributed by atoms with Crippen LogP contribution in [-0.2, 0) is 6.54 Å². The molecule has 0 bridgehead atoms. The van der Waals surface area contributed by atoms with Crippen molar-refractivity contribution in [3.63, 3.8) is 0 Å². The van der Waals surface area contributed by atoms with E-state index in [-0.39, 0.29) is 0 Å². The lowest BCUT2D eigenvalue weighted by Crippen LogP contribution is -2.25. The van der Waals surface area contributed by atoms with Crippen LogP contribution in [0.15, 0.2) is 22.2 Å². The van der Waals surface area contributed by atoms with Crippen LogP contribution in [-0.4, -0.2) is 11.7 Å². The average molecular weight is 234 g/mol. The zero-order valence-electron chi connectivity index (χ0n) is 11.0. The fourth-order valence-corrected chi connectivity index (χ4v) is 2.74. The second-order valence-corrected chi connectivity index (χ2v) is 5.36. The summed E-state index contributed by atoms with van der Waals surface area (Å²) in [7, 11) is 0. The van der Waals surface area contributed by atoms with E-state index >= 15 is 0 Å². The van der Waals surface area contributed by atoms with Crippen molar-refractivity contribution in [2.45, 2.75) is 40.2 Å². The molecule has 0 radical (unpaired) electrons. The molecule has 1 aliphatic carbocycles. The molecular formula is C14H22N2O. The average Bonchev–Trinajstić information content (AvgIpc) is 2.63. The number of nitrogens with one attached hydrogen (secondary N) is 1. The van der Waals surface area contributed by atoms with Crippen LogP contribution in [0, 0.1) is 18.8 Å². The monoisotopic (exact) mass is 234 g/mol. The number of aromatic nitrogens is 1. The number of aryl methyl sites for hydroxylation is 1. The number of rotatable bonds is 4. The largest absolute Gasteiger partial charge is 0.360 e. The fraction of sp³-hybridized carbons (Fsp3) is 0.643. The summed E-state index contributed by atoms with van der Waals surface area (Å²) in [5.41, 5.74) is 2.48. The van der Waals surface area contributed by atoms with E-state index in [0.29, 0.717) is 0 Å². The summed E-state index contributed by atoms with van der Waals surface area (Å²) in [6.07, 6.45) is 4.92. The van der Waals surface area contributed by atoms with E-state index in [9.17, 15) is 0 Å². The zero-order chi connectivity index (χ0) is 12.3. The van der Waals surface area contributed by atoms with Gasteiger partial charge in [-0.2, -0.15) is 0 Å². The van der Waals surface area contributed by atoms with Crippen molar-refractivity contribution in [1.82, 2.24) is 10.5 Å². The van der Waals surface area contributed by atoms with E-state index in [4.69, 9.17) is 4.52 Å². The van der Waals surface area contributed by atoms with Crippen molar-refractivity contribution in [2.75, 3.05) is 6.54 Å². The third kappa shape index (κ3) is 3.70. The van der Waals surface area contributed by atoms with Gasteiger partial charge in [0.15, 0.2) is 5.76 Å². The van der Waals surface area contributed by atoms with Gasteiger partial charge in [-0.1, -0.05) is 23.7 Å². The maximum Gasteiger partial charge on any atom is 0.150 e. The Morgan fingerprint density at radius 2 is 2.29 bits per heavy atom. The van der Waals surface area contributed by atoms with E-state index in [1.807, 2.05) is 13.0 Å². The first-order valence-electron chi connectivity index (χ1n) is 6.43. The molecule has 1 heterocycles. The Labute approximate surface area is 103 Å². The van der Waals surface area contributed by atoms with Crippen molar-refractivity contribution < 1.29 is 4.52 Å². The Morgan fingerprint density at radius 1 is 1.47 bits per heavy atom. The molecule has 1 aromatic heterocycles. The number of nitrogens with zero attached hydrogens (tertiary/aromatic N) is 1. The summed E-state index contributed by atoms with van der Waals surface area (Å²) >= 11 is 0. The van der Waals surface area contributed by atoms with Crippen molar-refractivity contribution >= 4 is 0 Å². The van der Waals surface area contributed by atoms with Crippen LogP contribution < -0.4 is 5.32 Å². The molecule has 0 spiro atoms. The lowest BCUT2D eigenvalue weighted by atomic mass is 9.84. The summed E-state index contributed by atoms with van der Waals surface area (Å²) < 4.78 is 5.17. The molecule has 1 aromatic rings. The van der Waals surface area contributed by atoms with Gasteiger partial charge in [0, 0.05) is 6.07 Å². The van der Waals surface area contributed by atoms with Crippen molar-refractivity contribution in [3.8, 4) is 0 Å². The van der Waals surface area contributed by atoms with E-state index in [1.54, 1.807) is 0 Å². The Balaban J connectivity index is 1.74. The highest BCUT2D eigenvalue weighted by Crippen LogP contribution is 2.27. The van der Waals surface area contributed by atoms with Gasteiger partial charge in [-0.3, -0.25) is 0 Å². The predicted molar refractivity (Wildman–Crippen MR) is 68.6 cm³/mol. The molecule has 0 fully saturated rings. The summed E-state index contributed by atoms with van der Waals surface area (Å²) in [6, 6.07) is 1.99. The highest BCUT2D eigenvalue weighted by molar-refractivity contribution is 5.06. The zero-order valence-corrected chi connectivity index (χ0v) is 11.0. The van der Waals surface area contributed by atoms with Crippen LogP contribution >= 0.6 is 0 Å². The SMILES string of the molecule is CC1=CC(C)CC(CNCc2cc(C)no2)C1. The highest BCUT2D eigenvalue weighted by atomic mass is 16.5. The quantitative estimate of drug-likeness (QED) is 0.814. The lowest BCUT2D eigenvalue weighted by molar-refractivity contribution is 0.346. The van der Waals surface area contributed by atoms with Gasteiger partial charge in [0.05, 0.1) is 12.2 Å². The van der Waals surface area contributed by atoms with Crippen molar-refractivity contribution in [3.05, 3.63) is 29.2 Å². The molecule has 0 saturated heterocycles. The third-order valence-electron chi connectivity index (χ3n) is 3.29. The standard InChI is InChI=1S/C14H22N2O/c1-10-4-11(2)6-13(5-10)8-15-9-14-7-12(3)16-17-14/h4,7,10,13,15H,5-6,8-9H2,1-3H3. The molecule has 0 saturated carbocycles. The first-order valence-corrected chi connectivity index (χ1v) is 6.43. The molecule has 2 rings (SSSR count). The second kappa shape index (κ2) is 5.50. The van der Waals surface area contributed by atoms with Crippen molar-refractivity contribution in [1.29, 1.82) is 0 Å². The summed E-state index contributed by atoms with van der Waals surface area (Å²) in [5.74, 6) is 2.42. The summed E-state index contributed by atoms with van der Waals surface area (Å²) in [5, 5.41) is 7.35. The molecule has 1 N–H and O–H groups in total. The van der Waals surface area contributed by atoms with Crippen molar-refractivity contribution in [2.24, 2.45) is 11.8 Å². The third-order valence-corrected chi connectivity index (χ3v) is 3.29. The molecule has 3 nitrogen and oxygen atoms in total. The molecule has 2 unspecified atom stereocenters. The van der Waals surface area contributed by atoms with Gasteiger partial charge in [0.2, 0.25) is 0 Å². The van der Waals surface area contributed by atoms with Crippen LogP contribution in [0.2, 0.25) is 0 Å². The van der Waals surface area contributed by atoms with Crippen LogP contribution in [0.25, 0.3) is 0 Å². The minimum Gasteiger partial charge on any atom is -0.360 e. The Morgan fingerprint density at radius 3 is 2.94 bits per heavy atom. The van der Waals surface area contributed by atoms with Crippen LogP contribution in [0.5, 0.6) is 0 Å². The van der Waals surface area contributed by atoms with Gasteiger partial charge in [0.25, 0.3) is 0 Å². The molecule has 0 aromatic carbocycles. The van der Waals surface area contributed by atoms with E-state index < -0.39 is 0 Å². The molecule has 0 aliphatic heterocycles. The van der Waals surface area contributed by atoms with Gasteiger partial charge in [-0.15, -0.1) is 0 Å².